The average Bonchev–Trinajstić information content (AvgIpc) is 2.57. The van der Waals surface area contributed by atoms with Crippen LogP contribution < -0.4 is 10.4 Å². The number of ketones is 1. The van der Waals surface area contributed by atoms with Gasteiger partial charge in [-0.3, -0.25) is 9.59 Å². The van der Waals surface area contributed by atoms with Gasteiger partial charge in [0.05, 0.1) is 5.57 Å². The molecule has 1 amide bonds. The van der Waals surface area contributed by atoms with Gasteiger partial charge in [0.25, 0.3) is 5.91 Å². The van der Waals surface area contributed by atoms with Crippen LogP contribution in [0.4, 0.5) is 0 Å². The molecule has 0 radical (unpaired) electrons. The molecule has 0 atom stereocenters. The van der Waals surface area contributed by atoms with Crippen LogP contribution in [0.1, 0.15) is 0 Å². The van der Waals surface area contributed by atoms with Gasteiger partial charge in [0.15, 0.2) is 0 Å². The van der Waals surface area contributed by atoms with Gasteiger partial charge in [0, 0.05) is 7.05 Å². The van der Waals surface area contributed by atoms with Crippen molar-refractivity contribution in [2.24, 2.45) is 5.10 Å². The Balaban J connectivity index is 2.50. The molecule has 1 heterocycles. The monoisotopic (exact) mass is 212 g/mol. The fourth-order valence-corrected chi connectivity index (χ4v) is 1.98. The Morgan fingerprint density at radius 3 is 2.75 bits per heavy atom. The first kappa shape index (κ1) is 9.03. The number of hydrogen-bond donors (Lipinski definition) is 0. The van der Waals surface area contributed by atoms with Gasteiger partial charge in [-0.15, -0.1) is 0 Å². The molecule has 0 unspecified atom stereocenters. The van der Waals surface area contributed by atoms with E-state index in [2.05, 4.69) is 5.10 Å². The normalized spacial score (nSPS) is 17.9. The van der Waals surface area contributed by atoms with E-state index in [0.29, 0.717) is 5.57 Å². The second-order valence-corrected chi connectivity index (χ2v) is 3.75. The maximum Gasteiger partial charge on any atom is 0.276 e. The molecule has 0 saturated heterocycles. The molecule has 0 N–H and O–H groups in total. The van der Waals surface area contributed by atoms with Crippen LogP contribution in [0, 0.1) is 0 Å². The lowest BCUT2D eigenvalue weighted by Gasteiger charge is -2.04. The Kier molecular flexibility index (Phi) is 1.63. The van der Waals surface area contributed by atoms with Crippen LogP contribution in [-0.4, -0.2) is 29.5 Å². The minimum Gasteiger partial charge on any atom is -0.287 e. The molecular weight excluding hydrogens is 204 g/mol. The lowest BCUT2D eigenvalue weighted by Crippen LogP contribution is -2.38. The highest BCUT2D eigenvalue weighted by atomic mass is 16.2. The molecule has 4 nitrogen and oxygen atoms in total. The molecule has 0 spiro atoms. The number of carbonyl (C=O) groups excluding carboxylic acids is 2. The Morgan fingerprint density at radius 2 is 1.94 bits per heavy atom. The smallest absolute Gasteiger partial charge is 0.276 e. The van der Waals surface area contributed by atoms with Crippen LogP contribution in [0.3, 0.4) is 0 Å². The molecule has 4 heteroatoms. The molecule has 1 aliphatic carbocycles. The van der Waals surface area contributed by atoms with Crippen molar-refractivity contribution in [3.05, 3.63) is 34.7 Å². The van der Waals surface area contributed by atoms with Crippen molar-refractivity contribution in [1.82, 2.24) is 5.01 Å². The van der Waals surface area contributed by atoms with Crippen LogP contribution in [0.5, 0.6) is 0 Å². The zero-order chi connectivity index (χ0) is 11.3. The van der Waals surface area contributed by atoms with E-state index in [-0.39, 0.29) is 17.4 Å². The fraction of sp³-hybridized carbons (Fsp3) is 0.0833. The topological polar surface area (TPSA) is 49.7 Å². The number of nitrogens with zero attached hydrogens (tertiary/aromatic N) is 2. The average molecular weight is 212 g/mol. The summed E-state index contributed by atoms with van der Waals surface area (Å²) in [7, 11) is 1.55. The summed E-state index contributed by atoms with van der Waals surface area (Å²) >= 11 is 0. The second-order valence-electron chi connectivity index (χ2n) is 3.75. The molecule has 3 rings (SSSR count). The zero-order valence-electron chi connectivity index (χ0n) is 8.60. The standard InChI is InChI=1S/C12H8N2O2/c1-14-12(16)10-8-5-3-2-4-7(8)6-9(15)11(10)13-14/h2-6H,1H3. The Labute approximate surface area is 91.2 Å². The minimum atomic E-state index is -0.219. The highest BCUT2D eigenvalue weighted by Crippen LogP contribution is 2.15. The van der Waals surface area contributed by atoms with Gasteiger partial charge >= 0.3 is 0 Å². The lowest BCUT2D eigenvalue weighted by atomic mass is 9.97. The van der Waals surface area contributed by atoms with Crippen molar-refractivity contribution in [1.29, 1.82) is 0 Å². The Bertz CT molecular complexity index is 671. The number of fused-ring (bicyclic) bond motifs is 2. The Morgan fingerprint density at radius 1 is 1.19 bits per heavy atom. The molecule has 0 saturated carbocycles. The van der Waals surface area contributed by atoms with Crippen LogP contribution in [0.2, 0.25) is 0 Å². The van der Waals surface area contributed by atoms with Crippen molar-refractivity contribution in [2.45, 2.75) is 0 Å². The fourth-order valence-electron chi connectivity index (χ4n) is 1.98. The van der Waals surface area contributed by atoms with Gasteiger partial charge in [0.2, 0.25) is 5.78 Å². The summed E-state index contributed by atoms with van der Waals surface area (Å²) < 4.78 is 0. The summed E-state index contributed by atoms with van der Waals surface area (Å²) in [6, 6.07) is 7.34. The van der Waals surface area contributed by atoms with Crippen LogP contribution in [-0.2, 0) is 9.59 Å². The summed E-state index contributed by atoms with van der Waals surface area (Å²) in [5.74, 6) is -0.421. The molecule has 1 aliphatic heterocycles. The summed E-state index contributed by atoms with van der Waals surface area (Å²) in [5.41, 5.74) is 0.678. The first-order valence-electron chi connectivity index (χ1n) is 4.91. The van der Waals surface area contributed by atoms with Gasteiger partial charge < -0.3 is 0 Å². The third-order valence-corrected chi connectivity index (χ3v) is 2.74. The highest BCUT2D eigenvalue weighted by Gasteiger charge is 2.33. The second kappa shape index (κ2) is 2.88. The van der Waals surface area contributed by atoms with E-state index < -0.39 is 0 Å². The molecule has 16 heavy (non-hydrogen) atoms. The van der Waals surface area contributed by atoms with E-state index in [1.807, 2.05) is 24.3 Å². The van der Waals surface area contributed by atoms with Crippen LogP contribution in [0.15, 0.2) is 29.4 Å². The summed E-state index contributed by atoms with van der Waals surface area (Å²) in [6.45, 7) is 0. The van der Waals surface area contributed by atoms with Gasteiger partial charge in [0.1, 0.15) is 5.71 Å². The van der Waals surface area contributed by atoms with Crippen LogP contribution in [0.25, 0.3) is 11.6 Å². The maximum absolute atomic E-state index is 11.9. The molecule has 0 bridgehead atoms. The van der Waals surface area contributed by atoms with Crippen molar-refractivity contribution in [3.8, 4) is 0 Å². The van der Waals surface area contributed by atoms with E-state index in [0.717, 1.165) is 10.4 Å². The SMILES string of the molecule is CN1N=C2C(=O)C=c3ccccc3=C2C1=O. The molecular formula is C12H8N2O2. The van der Waals surface area contributed by atoms with E-state index in [1.165, 1.54) is 11.1 Å². The number of amides is 1. The molecule has 1 aromatic carbocycles. The van der Waals surface area contributed by atoms with Gasteiger partial charge in [-0.05, 0) is 16.5 Å². The molecule has 0 fully saturated rings. The number of Topliss-reactive ketones (excluding diaryl/α,β-unsaturated/α-hetero) is 1. The van der Waals surface area contributed by atoms with E-state index >= 15 is 0 Å². The number of rotatable bonds is 0. The van der Waals surface area contributed by atoms with Crippen LogP contribution >= 0.6 is 0 Å². The molecule has 0 aromatic heterocycles. The first-order valence-corrected chi connectivity index (χ1v) is 4.91. The largest absolute Gasteiger partial charge is 0.287 e. The summed E-state index contributed by atoms with van der Waals surface area (Å²) in [6.07, 6.45) is 1.52. The van der Waals surface area contributed by atoms with Crippen molar-refractivity contribution in [2.75, 3.05) is 7.05 Å². The predicted octanol–water partition coefficient (Wildman–Crippen LogP) is -0.972. The van der Waals surface area contributed by atoms with Gasteiger partial charge in [-0.2, -0.15) is 5.10 Å². The lowest BCUT2D eigenvalue weighted by molar-refractivity contribution is -0.123. The minimum absolute atomic E-state index is 0.202. The summed E-state index contributed by atoms with van der Waals surface area (Å²) in [4.78, 5) is 23.6. The number of carbonyl (C=O) groups is 2. The third-order valence-electron chi connectivity index (χ3n) is 2.74. The zero-order valence-corrected chi connectivity index (χ0v) is 8.60. The Hall–Kier alpha value is -2.23. The molecule has 1 aromatic rings. The number of hydrogen-bond acceptors (Lipinski definition) is 3. The predicted molar refractivity (Wildman–Crippen MR) is 58.8 cm³/mol. The number of benzene rings is 1. The van der Waals surface area contributed by atoms with Gasteiger partial charge in [-0.25, -0.2) is 5.01 Å². The molecule has 78 valence electrons. The van der Waals surface area contributed by atoms with Crippen molar-refractivity contribution < 1.29 is 9.59 Å². The highest BCUT2D eigenvalue weighted by molar-refractivity contribution is 6.70. The van der Waals surface area contributed by atoms with E-state index in [4.69, 9.17) is 0 Å². The number of hydrazone groups is 1. The van der Waals surface area contributed by atoms with Gasteiger partial charge in [-0.1, -0.05) is 24.3 Å². The maximum atomic E-state index is 11.9. The van der Waals surface area contributed by atoms with Crippen molar-refractivity contribution in [3.63, 3.8) is 0 Å². The summed E-state index contributed by atoms with van der Waals surface area (Å²) in [5, 5.41) is 6.73. The quantitative estimate of drug-likeness (QED) is 0.555. The van der Waals surface area contributed by atoms with E-state index in [1.54, 1.807) is 7.05 Å². The van der Waals surface area contributed by atoms with E-state index in [9.17, 15) is 9.59 Å². The third kappa shape index (κ3) is 1.01. The molecule has 2 aliphatic rings. The first-order chi connectivity index (χ1) is 7.68. The van der Waals surface area contributed by atoms with Crippen molar-refractivity contribution >= 4 is 29.1 Å².